The van der Waals surface area contributed by atoms with Crippen molar-refractivity contribution in [3.05, 3.63) is 35.9 Å². The molecule has 4 nitrogen and oxygen atoms in total. The first kappa shape index (κ1) is 17.0. The largest absolute Gasteiger partial charge is 0.325 e. The third-order valence-corrected chi connectivity index (χ3v) is 5.84. The fourth-order valence-corrected chi connectivity index (χ4v) is 4.68. The highest BCUT2D eigenvalue weighted by molar-refractivity contribution is 7.91. The summed E-state index contributed by atoms with van der Waals surface area (Å²) in [7, 11) is -3.18. The quantitative estimate of drug-likeness (QED) is 0.546. The Morgan fingerprint density at radius 1 is 1.05 bits per heavy atom. The van der Waals surface area contributed by atoms with Gasteiger partial charge in [-0.1, -0.05) is 50.1 Å². The van der Waals surface area contributed by atoms with E-state index >= 15 is 0 Å². The predicted molar refractivity (Wildman–Crippen MR) is 88.1 cm³/mol. The van der Waals surface area contributed by atoms with E-state index in [-0.39, 0.29) is 11.8 Å². The van der Waals surface area contributed by atoms with Crippen LogP contribution in [0.15, 0.2) is 30.3 Å². The second-order valence-corrected chi connectivity index (χ2v) is 8.33. The molecular weight excluding hydrogens is 298 g/mol. The number of aryl methyl sites for hydroxylation is 1. The number of carbonyl (C=O) groups is 1. The first-order chi connectivity index (χ1) is 10.4. The van der Waals surface area contributed by atoms with Gasteiger partial charge in [0.2, 0.25) is 5.91 Å². The summed E-state index contributed by atoms with van der Waals surface area (Å²) in [5.74, 6) is -0.409. The molecule has 0 aliphatic carbocycles. The number of likely N-dealkylation sites (tertiary alicyclic amines) is 1. The Bertz CT molecular complexity index is 598. The number of benzene rings is 1. The molecule has 2 atom stereocenters. The molecule has 0 radical (unpaired) electrons. The van der Waals surface area contributed by atoms with Gasteiger partial charge in [0.15, 0.2) is 9.84 Å². The molecule has 1 aromatic rings. The Balaban J connectivity index is 1.65. The van der Waals surface area contributed by atoms with Gasteiger partial charge in [-0.25, -0.2) is 8.42 Å². The molecule has 5 heteroatoms. The summed E-state index contributed by atoms with van der Waals surface area (Å²) < 4.78 is 23.4. The number of unbranched alkanes of at least 4 members (excludes halogenated alkanes) is 3. The molecule has 1 fully saturated rings. The summed E-state index contributed by atoms with van der Waals surface area (Å²) in [6.07, 6.45) is 6.43. The smallest absolute Gasteiger partial charge is 0.229 e. The molecule has 1 saturated heterocycles. The van der Waals surface area contributed by atoms with Crippen molar-refractivity contribution in [1.82, 2.24) is 4.90 Å². The van der Waals surface area contributed by atoms with E-state index in [0.717, 1.165) is 32.1 Å². The van der Waals surface area contributed by atoms with Crippen molar-refractivity contribution in [3.8, 4) is 0 Å². The van der Waals surface area contributed by atoms with Crippen molar-refractivity contribution in [2.75, 3.05) is 12.8 Å². The maximum absolute atomic E-state index is 11.8. The van der Waals surface area contributed by atoms with Crippen molar-refractivity contribution in [2.45, 2.75) is 44.4 Å². The average molecular weight is 323 g/mol. The van der Waals surface area contributed by atoms with Gasteiger partial charge in [0.05, 0.1) is 5.92 Å². The van der Waals surface area contributed by atoms with Crippen molar-refractivity contribution in [1.29, 1.82) is 0 Å². The van der Waals surface area contributed by atoms with E-state index in [0.29, 0.717) is 6.54 Å². The molecule has 1 aromatic carbocycles. The van der Waals surface area contributed by atoms with Crippen molar-refractivity contribution < 1.29 is 13.2 Å². The van der Waals surface area contributed by atoms with Crippen LogP contribution in [0.5, 0.6) is 0 Å². The van der Waals surface area contributed by atoms with Gasteiger partial charge < -0.3 is 4.90 Å². The van der Waals surface area contributed by atoms with Crippen LogP contribution in [-0.2, 0) is 21.1 Å². The van der Waals surface area contributed by atoms with Crippen LogP contribution in [0.3, 0.4) is 0 Å². The maximum atomic E-state index is 11.8. The van der Waals surface area contributed by atoms with E-state index in [9.17, 15) is 13.2 Å². The lowest BCUT2D eigenvalue weighted by Crippen LogP contribution is -2.62. The van der Waals surface area contributed by atoms with E-state index in [1.807, 2.05) is 6.07 Å². The summed E-state index contributed by atoms with van der Waals surface area (Å²) in [4.78, 5) is 13.3. The molecule has 0 bridgehead atoms. The molecular formula is C17H25NO3S. The van der Waals surface area contributed by atoms with Gasteiger partial charge in [0.1, 0.15) is 5.37 Å². The number of sulfone groups is 1. The van der Waals surface area contributed by atoms with Gasteiger partial charge in [-0.3, -0.25) is 4.79 Å². The van der Waals surface area contributed by atoms with Gasteiger partial charge in [-0.15, -0.1) is 0 Å². The Morgan fingerprint density at radius 2 is 1.68 bits per heavy atom. The third-order valence-electron chi connectivity index (χ3n) is 4.30. The summed E-state index contributed by atoms with van der Waals surface area (Å²) in [6, 6.07) is 10.4. The standard InChI is InChI=1S/C17H25NO3S/c1-14-16(19)18(17(14)22(2,20)21)13-9-4-3-6-10-15-11-7-5-8-12-15/h5,7-8,11-12,14,17H,3-4,6,9-10,13H2,1-2H3. The zero-order chi connectivity index (χ0) is 16.2. The lowest BCUT2D eigenvalue weighted by atomic mass is 10.00. The van der Waals surface area contributed by atoms with Crippen LogP contribution in [0.4, 0.5) is 0 Å². The highest BCUT2D eigenvalue weighted by Gasteiger charge is 2.49. The minimum Gasteiger partial charge on any atom is -0.325 e. The molecule has 22 heavy (non-hydrogen) atoms. The van der Waals surface area contributed by atoms with Crippen molar-refractivity contribution in [2.24, 2.45) is 5.92 Å². The molecule has 1 aliphatic rings. The van der Waals surface area contributed by atoms with Crippen LogP contribution < -0.4 is 0 Å². The minimum absolute atomic E-state index is 0.0280. The summed E-state index contributed by atoms with van der Waals surface area (Å²) in [6.45, 7) is 2.26. The Morgan fingerprint density at radius 3 is 2.32 bits per heavy atom. The van der Waals surface area contributed by atoms with Gasteiger partial charge in [0, 0.05) is 12.8 Å². The van der Waals surface area contributed by atoms with E-state index in [2.05, 4.69) is 24.3 Å². The van der Waals surface area contributed by atoms with Crippen LogP contribution in [-0.4, -0.2) is 37.4 Å². The molecule has 2 unspecified atom stereocenters. The Hall–Kier alpha value is -1.36. The fraction of sp³-hybridized carbons (Fsp3) is 0.588. The lowest BCUT2D eigenvalue weighted by molar-refractivity contribution is -0.149. The number of β-lactam (4-membered cyclic amide) rings is 1. The molecule has 1 aliphatic heterocycles. The predicted octanol–water partition coefficient (Wildman–Crippen LogP) is 2.64. The maximum Gasteiger partial charge on any atom is 0.229 e. The molecule has 0 N–H and O–H groups in total. The SMILES string of the molecule is CC1C(=O)N(CCCCCCc2ccccc2)C1S(C)(=O)=O. The number of hydrogen-bond acceptors (Lipinski definition) is 3. The lowest BCUT2D eigenvalue weighted by Gasteiger charge is -2.44. The summed E-state index contributed by atoms with van der Waals surface area (Å²) >= 11 is 0. The zero-order valence-electron chi connectivity index (χ0n) is 13.4. The normalized spacial score (nSPS) is 21.7. The minimum atomic E-state index is -3.18. The monoisotopic (exact) mass is 323 g/mol. The van der Waals surface area contributed by atoms with Gasteiger partial charge >= 0.3 is 0 Å². The number of hydrogen-bond donors (Lipinski definition) is 0. The van der Waals surface area contributed by atoms with Gasteiger partial charge in [0.25, 0.3) is 0 Å². The van der Waals surface area contributed by atoms with Crippen LogP contribution in [0.25, 0.3) is 0 Å². The Kier molecular flexibility index (Phi) is 5.62. The van der Waals surface area contributed by atoms with Gasteiger partial charge in [-0.2, -0.15) is 0 Å². The van der Waals surface area contributed by atoms with E-state index in [4.69, 9.17) is 0 Å². The first-order valence-electron chi connectivity index (χ1n) is 7.94. The summed E-state index contributed by atoms with van der Waals surface area (Å²) in [5, 5.41) is -0.607. The van der Waals surface area contributed by atoms with Gasteiger partial charge in [-0.05, 0) is 24.8 Å². The second-order valence-electron chi connectivity index (χ2n) is 6.19. The van der Waals surface area contributed by atoms with Crippen molar-refractivity contribution >= 4 is 15.7 Å². The van der Waals surface area contributed by atoms with Crippen LogP contribution in [0, 0.1) is 5.92 Å². The van der Waals surface area contributed by atoms with E-state index < -0.39 is 15.2 Å². The molecule has 122 valence electrons. The summed E-state index contributed by atoms with van der Waals surface area (Å²) in [5.41, 5.74) is 1.35. The molecule has 1 amide bonds. The average Bonchev–Trinajstić information content (AvgIpc) is 2.48. The van der Waals surface area contributed by atoms with E-state index in [1.54, 1.807) is 6.92 Å². The first-order valence-corrected chi connectivity index (χ1v) is 9.90. The molecule has 2 rings (SSSR count). The van der Waals surface area contributed by atoms with E-state index in [1.165, 1.54) is 16.7 Å². The third kappa shape index (κ3) is 4.09. The van der Waals surface area contributed by atoms with Crippen molar-refractivity contribution in [3.63, 3.8) is 0 Å². The Labute approximate surface area is 133 Å². The highest BCUT2D eigenvalue weighted by Crippen LogP contribution is 2.30. The molecule has 1 heterocycles. The number of rotatable bonds is 8. The van der Waals surface area contributed by atoms with Crippen LogP contribution >= 0.6 is 0 Å². The number of carbonyl (C=O) groups excluding carboxylic acids is 1. The fourth-order valence-electron chi connectivity index (χ4n) is 3.15. The number of amides is 1. The topological polar surface area (TPSA) is 54.5 Å². The second kappa shape index (κ2) is 7.27. The molecule has 0 spiro atoms. The van der Waals surface area contributed by atoms with Crippen LogP contribution in [0.2, 0.25) is 0 Å². The molecule has 0 saturated carbocycles. The number of nitrogens with zero attached hydrogens (tertiary/aromatic N) is 1. The highest BCUT2D eigenvalue weighted by atomic mass is 32.2. The van der Waals surface area contributed by atoms with Crippen LogP contribution in [0.1, 0.15) is 38.2 Å². The zero-order valence-corrected chi connectivity index (χ0v) is 14.2. The molecule has 0 aromatic heterocycles.